The van der Waals surface area contributed by atoms with Crippen LogP contribution in [0.25, 0.3) is 11.1 Å². The average Bonchev–Trinajstić information content (AvgIpc) is 3.13. The summed E-state index contributed by atoms with van der Waals surface area (Å²) < 4.78 is 0. The fourth-order valence-electron chi connectivity index (χ4n) is 5.38. The molecule has 28 heavy (non-hydrogen) atoms. The molecule has 0 nitrogen and oxygen atoms in total. The van der Waals surface area contributed by atoms with Gasteiger partial charge in [0.2, 0.25) is 0 Å². The molecule has 1 heteroatoms. The van der Waals surface area contributed by atoms with Gasteiger partial charge in [0.05, 0.1) is 0 Å². The molecule has 3 aliphatic rings. The molecule has 0 heterocycles. The van der Waals surface area contributed by atoms with Crippen LogP contribution >= 0.6 is 0 Å². The summed E-state index contributed by atoms with van der Waals surface area (Å²) in [5, 5.41) is 1.63. The van der Waals surface area contributed by atoms with Crippen molar-refractivity contribution < 1.29 is 0 Å². The third-order valence-corrected chi connectivity index (χ3v) is 8.30. The Morgan fingerprint density at radius 3 is 2.04 bits per heavy atom. The topological polar surface area (TPSA) is 0 Å². The van der Waals surface area contributed by atoms with Crippen LogP contribution in [0.1, 0.15) is 30.9 Å². The van der Waals surface area contributed by atoms with Crippen molar-refractivity contribution in [3.8, 4) is 11.1 Å². The lowest BCUT2D eigenvalue weighted by Gasteiger charge is -2.24. The van der Waals surface area contributed by atoms with Gasteiger partial charge in [-0.05, 0) is 51.5 Å². The van der Waals surface area contributed by atoms with Gasteiger partial charge in [-0.15, -0.1) is 0 Å². The molecule has 0 N–H and O–H groups in total. The highest BCUT2D eigenvalue weighted by Gasteiger charge is 2.37. The van der Waals surface area contributed by atoms with E-state index >= 15 is 0 Å². The molecule has 0 bridgehead atoms. The summed E-state index contributed by atoms with van der Waals surface area (Å²) in [6.45, 7) is 9.56. The summed E-state index contributed by atoms with van der Waals surface area (Å²) in [6.07, 6.45) is 9.40. The molecule has 0 aliphatic heterocycles. The zero-order valence-electron chi connectivity index (χ0n) is 17.1. The Balaban J connectivity index is 1.80. The van der Waals surface area contributed by atoms with Crippen LogP contribution in [0.4, 0.5) is 0 Å². The van der Waals surface area contributed by atoms with Crippen LogP contribution in [0.5, 0.6) is 0 Å². The van der Waals surface area contributed by atoms with Gasteiger partial charge in [0.15, 0.2) is 0 Å². The van der Waals surface area contributed by atoms with Crippen LogP contribution in [-0.2, 0) is 0 Å². The number of rotatable bonds is 1. The number of hydrogen-bond donors (Lipinski definition) is 0. The second kappa shape index (κ2) is 6.53. The summed E-state index contributed by atoms with van der Waals surface area (Å²) in [6, 6.07) is 18.0. The first kappa shape index (κ1) is 17.6. The van der Waals surface area contributed by atoms with Gasteiger partial charge in [0, 0.05) is 20.2 Å². The highest BCUT2D eigenvalue weighted by Crippen LogP contribution is 2.53. The van der Waals surface area contributed by atoms with E-state index in [9.17, 15) is 0 Å². The van der Waals surface area contributed by atoms with Crippen molar-refractivity contribution in [1.29, 1.82) is 0 Å². The van der Waals surface area contributed by atoms with E-state index in [1.807, 2.05) is 0 Å². The molecule has 0 saturated carbocycles. The Morgan fingerprint density at radius 2 is 1.43 bits per heavy atom. The van der Waals surface area contributed by atoms with E-state index in [2.05, 4.69) is 99.8 Å². The fraction of sp³-hybridized carbons (Fsp3) is 0.222. The van der Waals surface area contributed by atoms with Crippen molar-refractivity contribution in [2.45, 2.75) is 32.9 Å². The fourth-order valence-corrected chi connectivity index (χ4v) is 6.82. The summed E-state index contributed by atoms with van der Waals surface area (Å²) in [5.41, 5.74) is 11.7. The molecule has 5 rings (SSSR count). The number of fused-ring (bicyclic) bond motifs is 4. The zero-order valence-corrected chi connectivity index (χ0v) is 18.1. The van der Waals surface area contributed by atoms with Crippen molar-refractivity contribution in [3.63, 3.8) is 0 Å². The molecule has 3 aliphatic carbocycles. The number of hydrogen-bond acceptors (Lipinski definition) is 0. The average molecular weight is 379 g/mol. The van der Waals surface area contributed by atoms with E-state index in [0.29, 0.717) is 11.8 Å². The molecule has 0 aromatic heterocycles. The molecular weight excluding hydrogens is 352 g/mol. The SMILES string of the molecule is CC1=CC2=CC=CC(=[Si](C)C)C(C)C2=C1C1c2ccccc2-c2ccccc21. The van der Waals surface area contributed by atoms with Crippen molar-refractivity contribution in [3.05, 3.63) is 106 Å². The van der Waals surface area contributed by atoms with Gasteiger partial charge in [-0.1, -0.05) is 98.0 Å². The number of allylic oxidation sites excluding steroid dienone is 8. The monoisotopic (exact) mass is 378 g/mol. The predicted octanol–water partition coefficient (Wildman–Crippen LogP) is 6.70. The van der Waals surface area contributed by atoms with Crippen LogP contribution in [0.2, 0.25) is 13.1 Å². The zero-order chi connectivity index (χ0) is 19.4. The third kappa shape index (κ3) is 2.46. The van der Waals surface area contributed by atoms with E-state index in [-0.39, 0.29) is 0 Å². The first-order valence-electron chi connectivity index (χ1n) is 10.2. The van der Waals surface area contributed by atoms with Gasteiger partial charge in [-0.25, -0.2) is 0 Å². The molecule has 0 radical (unpaired) electrons. The smallest absolute Gasteiger partial charge is 0.0358 e. The van der Waals surface area contributed by atoms with E-state index in [1.165, 1.54) is 33.4 Å². The molecule has 0 fully saturated rings. The Labute approximate surface area is 169 Å². The van der Waals surface area contributed by atoms with Gasteiger partial charge in [-0.2, -0.15) is 0 Å². The highest BCUT2D eigenvalue weighted by molar-refractivity contribution is 6.71. The summed E-state index contributed by atoms with van der Waals surface area (Å²) in [4.78, 5) is 0. The van der Waals surface area contributed by atoms with Gasteiger partial charge < -0.3 is 0 Å². The van der Waals surface area contributed by atoms with Crippen molar-refractivity contribution >= 4 is 13.6 Å². The van der Waals surface area contributed by atoms with Gasteiger partial charge in [0.1, 0.15) is 0 Å². The minimum absolute atomic E-state index is 0.343. The Morgan fingerprint density at radius 1 is 0.821 bits per heavy atom. The maximum atomic E-state index is 2.42. The van der Waals surface area contributed by atoms with Crippen molar-refractivity contribution in [1.82, 2.24) is 0 Å². The molecule has 0 amide bonds. The lowest BCUT2D eigenvalue weighted by atomic mass is 9.81. The van der Waals surface area contributed by atoms with Crippen molar-refractivity contribution in [2.24, 2.45) is 5.92 Å². The lowest BCUT2D eigenvalue weighted by Crippen LogP contribution is -2.20. The summed E-state index contributed by atoms with van der Waals surface area (Å²) in [5.74, 6) is 0.827. The lowest BCUT2D eigenvalue weighted by molar-refractivity contribution is 0.894. The van der Waals surface area contributed by atoms with Gasteiger partial charge in [-0.3, -0.25) is 0 Å². The standard InChI is InChI=1S/C27H26Si/c1-17-16-19-10-9-15-24(28(3)4)18(2)26(19)25(17)27-22-13-7-5-11-20(22)21-12-6-8-14-23(21)27/h5-16,18,27H,1-4H3. The maximum Gasteiger partial charge on any atom is 0.0358 e. The first-order valence-corrected chi connectivity index (χ1v) is 12.7. The van der Waals surface area contributed by atoms with Crippen LogP contribution in [-0.4, -0.2) is 13.6 Å². The molecule has 2 aromatic rings. The Kier molecular flexibility index (Phi) is 4.10. The molecule has 2 aromatic carbocycles. The quantitative estimate of drug-likeness (QED) is 0.485. The molecular formula is C27H26Si. The van der Waals surface area contributed by atoms with Crippen molar-refractivity contribution in [2.75, 3.05) is 0 Å². The Bertz CT molecular complexity index is 1100. The third-order valence-electron chi connectivity index (χ3n) is 6.55. The molecule has 1 unspecified atom stereocenters. The first-order chi connectivity index (χ1) is 13.6. The second-order valence-corrected chi connectivity index (χ2v) is 11.0. The molecule has 138 valence electrons. The molecule has 1 atom stereocenters. The minimum Gasteiger partial charge on any atom is -0.0631 e. The van der Waals surface area contributed by atoms with E-state index in [0.717, 1.165) is 0 Å². The largest absolute Gasteiger partial charge is 0.0631 e. The van der Waals surface area contributed by atoms with Crippen LogP contribution in [0.3, 0.4) is 0 Å². The van der Waals surface area contributed by atoms with Crippen LogP contribution in [0, 0.1) is 5.92 Å². The van der Waals surface area contributed by atoms with Gasteiger partial charge in [0.25, 0.3) is 0 Å². The summed E-state index contributed by atoms with van der Waals surface area (Å²) >= 11 is 0. The highest BCUT2D eigenvalue weighted by atomic mass is 28.2. The molecule has 0 saturated heterocycles. The molecule has 0 spiro atoms. The van der Waals surface area contributed by atoms with Gasteiger partial charge >= 0.3 is 0 Å². The van der Waals surface area contributed by atoms with E-state index in [4.69, 9.17) is 0 Å². The van der Waals surface area contributed by atoms with Crippen LogP contribution < -0.4 is 0 Å². The normalized spacial score (nSPS) is 20.4. The van der Waals surface area contributed by atoms with Crippen LogP contribution in [0.15, 0.2) is 95.1 Å². The minimum atomic E-state index is -0.489. The maximum absolute atomic E-state index is 2.42. The van der Waals surface area contributed by atoms with E-state index < -0.39 is 8.41 Å². The Hall–Kier alpha value is -2.51. The summed E-state index contributed by atoms with van der Waals surface area (Å²) in [7, 11) is -0.489. The predicted molar refractivity (Wildman–Crippen MR) is 123 cm³/mol. The van der Waals surface area contributed by atoms with E-state index in [1.54, 1.807) is 16.3 Å². The number of benzene rings is 2. The second-order valence-electron chi connectivity index (χ2n) is 8.42.